The van der Waals surface area contributed by atoms with Gasteiger partial charge >= 0.3 is 0 Å². The molecule has 1 aromatic heterocycles. The molecule has 152 valence electrons. The molecule has 1 fully saturated rings. The molecule has 2 N–H and O–H groups in total. The summed E-state index contributed by atoms with van der Waals surface area (Å²) in [6.45, 7) is 7.45. The number of benzene rings is 1. The van der Waals surface area contributed by atoms with Crippen molar-refractivity contribution in [2.45, 2.75) is 45.8 Å². The fourth-order valence-electron chi connectivity index (χ4n) is 3.28. The van der Waals surface area contributed by atoms with E-state index in [1.807, 2.05) is 6.92 Å². The average Bonchev–Trinajstić information content (AvgIpc) is 3.08. The van der Waals surface area contributed by atoms with E-state index in [9.17, 15) is 4.39 Å². The van der Waals surface area contributed by atoms with Crippen LogP contribution in [0, 0.1) is 12.7 Å². The van der Waals surface area contributed by atoms with Crippen LogP contribution in [-0.4, -0.2) is 46.7 Å². The Hall–Kier alpha value is -2.19. The lowest BCUT2D eigenvalue weighted by Gasteiger charge is -2.34. The van der Waals surface area contributed by atoms with E-state index < -0.39 is 0 Å². The summed E-state index contributed by atoms with van der Waals surface area (Å²) in [6, 6.07) is 4.84. The molecule has 1 saturated heterocycles. The minimum atomic E-state index is -0.310. The molecule has 7 nitrogen and oxygen atoms in total. The maximum absolute atomic E-state index is 13.3. The van der Waals surface area contributed by atoms with Gasteiger partial charge in [-0.3, -0.25) is 4.90 Å². The predicted molar refractivity (Wildman–Crippen MR) is 107 cm³/mol. The summed E-state index contributed by atoms with van der Waals surface area (Å²) in [4.78, 5) is 11.1. The van der Waals surface area contributed by atoms with E-state index in [0.29, 0.717) is 29.8 Å². The van der Waals surface area contributed by atoms with Crippen LogP contribution >= 0.6 is 11.6 Å². The van der Waals surface area contributed by atoms with Crippen molar-refractivity contribution in [1.29, 1.82) is 0 Å². The van der Waals surface area contributed by atoms with Crippen molar-refractivity contribution >= 4 is 17.6 Å². The molecule has 1 unspecified atom stereocenters. The highest BCUT2D eigenvalue weighted by molar-refractivity contribution is 6.31. The van der Waals surface area contributed by atoms with Crippen LogP contribution in [0.5, 0.6) is 0 Å². The largest absolute Gasteiger partial charge is 0.357 e. The summed E-state index contributed by atoms with van der Waals surface area (Å²) in [5.74, 6) is 1.52. The topological polar surface area (TPSA) is 78.6 Å². The summed E-state index contributed by atoms with van der Waals surface area (Å²) in [5, 5.41) is 11.1. The van der Waals surface area contributed by atoms with Crippen LogP contribution in [0.4, 0.5) is 4.39 Å². The lowest BCUT2D eigenvalue weighted by molar-refractivity contribution is 0.192. The first-order chi connectivity index (χ1) is 13.5. The summed E-state index contributed by atoms with van der Waals surface area (Å²) in [5.41, 5.74) is 0.941. The first-order valence-corrected chi connectivity index (χ1v) is 9.91. The molecule has 0 bridgehead atoms. The Kier molecular flexibility index (Phi) is 7.22. The Morgan fingerprint density at radius 1 is 1.46 bits per heavy atom. The molecule has 1 aromatic carbocycles. The summed E-state index contributed by atoms with van der Waals surface area (Å²) in [7, 11) is 0. The maximum atomic E-state index is 13.3. The number of aliphatic imine (C=N–C) groups is 1. The number of rotatable bonds is 6. The van der Waals surface area contributed by atoms with Crippen LogP contribution in [0.1, 0.15) is 37.0 Å². The third-order valence-corrected chi connectivity index (χ3v) is 4.90. The summed E-state index contributed by atoms with van der Waals surface area (Å²) in [6.07, 6.45) is 2.12. The Balaban J connectivity index is 1.58. The van der Waals surface area contributed by atoms with Crippen LogP contribution < -0.4 is 10.6 Å². The van der Waals surface area contributed by atoms with Gasteiger partial charge < -0.3 is 15.2 Å². The molecule has 0 saturated carbocycles. The Bertz CT molecular complexity index is 811. The highest BCUT2D eigenvalue weighted by Gasteiger charge is 2.21. The number of likely N-dealkylation sites (tertiary alicyclic amines) is 1. The zero-order valence-corrected chi connectivity index (χ0v) is 17.0. The molecule has 0 spiro atoms. The van der Waals surface area contributed by atoms with Crippen molar-refractivity contribution in [3.8, 4) is 0 Å². The third kappa shape index (κ3) is 5.90. The van der Waals surface area contributed by atoms with Crippen LogP contribution in [0.2, 0.25) is 5.02 Å². The highest BCUT2D eigenvalue weighted by atomic mass is 35.5. The van der Waals surface area contributed by atoms with Gasteiger partial charge in [-0.25, -0.2) is 9.38 Å². The summed E-state index contributed by atoms with van der Waals surface area (Å²) < 4.78 is 18.2. The molecule has 0 amide bonds. The van der Waals surface area contributed by atoms with Crippen LogP contribution in [0.15, 0.2) is 27.7 Å². The van der Waals surface area contributed by atoms with Gasteiger partial charge in [0.1, 0.15) is 12.4 Å². The third-order valence-electron chi connectivity index (χ3n) is 4.55. The van der Waals surface area contributed by atoms with Crippen LogP contribution in [-0.2, 0) is 13.1 Å². The molecule has 1 aliphatic heterocycles. The van der Waals surface area contributed by atoms with Gasteiger partial charge in [-0.2, -0.15) is 4.98 Å². The fraction of sp³-hybridized carbons (Fsp3) is 0.526. The van der Waals surface area contributed by atoms with Crippen molar-refractivity contribution in [1.82, 2.24) is 25.7 Å². The molecule has 2 aromatic rings. The second-order valence-electron chi connectivity index (χ2n) is 6.88. The average molecular weight is 409 g/mol. The molecule has 3 rings (SSSR count). The van der Waals surface area contributed by atoms with E-state index in [1.165, 1.54) is 12.1 Å². The second-order valence-corrected chi connectivity index (χ2v) is 7.29. The number of hydrogen-bond acceptors (Lipinski definition) is 5. The Morgan fingerprint density at radius 3 is 3.04 bits per heavy atom. The molecule has 9 heteroatoms. The first-order valence-electron chi connectivity index (χ1n) is 9.53. The van der Waals surface area contributed by atoms with E-state index in [1.54, 1.807) is 13.0 Å². The van der Waals surface area contributed by atoms with Crippen molar-refractivity contribution < 1.29 is 8.91 Å². The molecule has 1 atom stereocenters. The van der Waals surface area contributed by atoms with Gasteiger partial charge in [-0.05, 0) is 44.0 Å². The zero-order chi connectivity index (χ0) is 19.9. The molecule has 28 heavy (non-hydrogen) atoms. The normalized spacial score (nSPS) is 18.3. The van der Waals surface area contributed by atoms with E-state index in [4.69, 9.17) is 16.1 Å². The number of hydrogen-bond donors (Lipinski definition) is 2. The molecule has 0 aliphatic carbocycles. The van der Waals surface area contributed by atoms with Gasteiger partial charge in [-0.15, -0.1) is 0 Å². The lowest BCUT2D eigenvalue weighted by atomic mass is 10.0. The minimum absolute atomic E-state index is 0.262. The van der Waals surface area contributed by atoms with Gasteiger partial charge in [0.25, 0.3) is 0 Å². The zero-order valence-electron chi connectivity index (χ0n) is 16.2. The van der Waals surface area contributed by atoms with Gasteiger partial charge in [0.15, 0.2) is 11.8 Å². The lowest BCUT2D eigenvalue weighted by Crippen LogP contribution is -2.51. The van der Waals surface area contributed by atoms with Crippen molar-refractivity contribution in [3.05, 3.63) is 46.3 Å². The number of piperidine rings is 1. The monoisotopic (exact) mass is 408 g/mol. The SMILES string of the molecule is CCNC(=NCc1noc(C)n1)NC1CCCN(Cc2ccc(F)cc2Cl)C1. The van der Waals surface area contributed by atoms with Gasteiger partial charge in [0, 0.05) is 37.6 Å². The van der Waals surface area contributed by atoms with Gasteiger partial charge in [-0.1, -0.05) is 22.8 Å². The predicted octanol–water partition coefficient (Wildman–Crippen LogP) is 2.89. The number of guanidine groups is 1. The van der Waals surface area contributed by atoms with E-state index in [2.05, 4.69) is 30.7 Å². The van der Waals surface area contributed by atoms with Gasteiger partial charge in [0.05, 0.1) is 0 Å². The number of halogens is 2. The van der Waals surface area contributed by atoms with E-state index in [0.717, 1.165) is 44.0 Å². The fourth-order valence-corrected chi connectivity index (χ4v) is 3.50. The molecular weight excluding hydrogens is 383 g/mol. The highest BCUT2D eigenvalue weighted by Crippen LogP contribution is 2.21. The number of aromatic nitrogens is 2. The molecule has 2 heterocycles. The smallest absolute Gasteiger partial charge is 0.223 e. The van der Waals surface area contributed by atoms with E-state index in [-0.39, 0.29) is 11.9 Å². The number of nitrogens with one attached hydrogen (secondary N) is 2. The first kappa shape index (κ1) is 20.5. The minimum Gasteiger partial charge on any atom is -0.357 e. The Morgan fingerprint density at radius 2 is 2.32 bits per heavy atom. The van der Waals surface area contributed by atoms with Crippen molar-refractivity contribution in [3.63, 3.8) is 0 Å². The second kappa shape index (κ2) is 9.84. The van der Waals surface area contributed by atoms with Gasteiger partial charge in [0.2, 0.25) is 5.89 Å². The molecule has 0 radical (unpaired) electrons. The Labute approximate surface area is 169 Å². The standard InChI is InChI=1S/C19H26ClFN6O/c1-3-22-19(23-10-18-24-13(2)28-26-18)25-16-5-4-8-27(12-16)11-14-6-7-15(21)9-17(14)20/h6-7,9,16H,3-5,8,10-12H2,1-2H3,(H2,22,23,25). The number of nitrogens with zero attached hydrogens (tertiary/aromatic N) is 4. The molecular formula is C19H26ClFN6O. The van der Waals surface area contributed by atoms with Crippen molar-refractivity contribution in [2.75, 3.05) is 19.6 Å². The quantitative estimate of drug-likeness (QED) is 0.565. The molecule has 1 aliphatic rings. The van der Waals surface area contributed by atoms with E-state index >= 15 is 0 Å². The summed E-state index contributed by atoms with van der Waals surface area (Å²) >= 11 is 6.18. The van der Waals surface area contributed by atoms with Crippen LogP contribution in [0.25, 0.3) is 0 Å². The van der Waals surface area contributed by atoms with Crippen molar-refractivity contribution in [2.24, 2.45) is 4.99 Å². The van der Waals surface area contributed by atoms with Crippen LogP contribution in [0.3, 0.4) is 0 Å². The number of aryl methyl sites for hydroxylation is 1. The maximum Gasteiger partial charge on any atom is 0.223 e.